The minimum absolute atomic E-state index is 0.0412. The molecule has 0 unspecified atom stereocenters. The first kappa shape index (κ1) is 16.2. The second kappa shape index (κ2) is 7.71. The van der Waals surface area contributed by atoms with Gasteiger partial charge in [-0.2, -0.15) is 0 Å². The fourth-order valence-corrected chi connectivity index (χ4v) is 2.86. The van der Waals surface area contributed by atoms with Crippen molar-refractivity contribution in [1.82, 2.24) is 20.0 Å². The summed E-state index contributed by atoms with van der Waals surface area (Å²) in [5, 5.41) is 7.91. The summed E-state index contributed by atoms with van der Waals surface area (Å²) in [6, 6.07) is 3.24. The second-order valence-corrected chi connectivity index (χ2v) is 5.85. The van der Waals surface area contributed by atoms with E-state index in [-0.39, 0.29) is 5.91 Å². The lowest BCUT2D eigenvalue weighted by atomic mass is 9.96. The van der Waals surface area contributed by atoms with Crippen molar-refractivity contribution in [1.29, 1.82) is 0 Å². The van der Waals surface area contributed by atoms with Gasteiger partial charge in [0.2, 0.25) is 0 Å². The van der Waals surface area contributed by atoms with Crippen LogP contribution in [0, 0.1) is 5.92 Å². The smallest absolute Gasteiger partial charge is 0.274 e. The van der Waals surface area contributed by atoms with Gasteiger partial charge in [-0.05, 0) is 44.0 Å². The molecule has 1 fully saturated rings. The first-order chi connectivity index (χ1) is 10.1. The fraction of sp³-hybridized carbons (Fsp3) is 0.667. The molecule has 0 spiro atoms. The van der Waals surface area contributed by atoms with Crippen LogP contribution in [0.4, 0.5) is 0 Å². The van der Waals surface area contributed by atoms with Gasteiger partial charge >= 0.3 is 0 Å². The highest BCUT2D eigenvalue weighted by atomic mass is 35.5. The maximum Gasteiger partial charge on any atom is 0.274 e. The average molecular weight is 311 g/mol. The SMILES string of the molecule is CCN(CC)CC1CCN(C(=O)c2ccc(Cl)nn2)CC1. The Morgan fingerprint density at radius 2 is 1.95 bits per heavy atom. The van der Waals surface area contributed by atoms with Crippen LogP contribution in [-0.4, -0.2) is 58.6 Å². The van der Waals surface area contributed by atoms with E-state index in [4.69, 9.17) is 11.6 Å². The molecular weight excluding hydrogens is 288 g/mol. The van der Waals surface area contributed by atoms with Crippen LogP contribution in [-0.2, 0) is 0 Å². The minimum Gasteiger partial charge on any atom is -0.337 e. The summed E-state index contributed by atoms with van der Waals surface area (Å²) in [5.74, 6) is 0.644. The number of piperidine rings is 1. The fourth-order valence-electron chi connectivity index (χ4n) is 2.76. The maximum absolute atomic E-state index is 12.3. The number of hydrogen-bond acceptors (Lipinski definition) is 4. The quantitative estimate of drug-likeness (QED) is 0.837. The third-order valence-electron chi connectivity index (χ3n) is 4.16. The molecule has 1 aliphatic rings. The number of hydrogen-bond donors (Lipinski definition) is 0. The Balaban J connectivity index is 1.86. The Labute approximate surface area is 131 Å². The molecule has 0 saturated carbocycles. The lowest BCUT2D eigenvalue weighted by Gasteiger charge is -2.34. The molecule has 1 saturated heterocycles. The maximum atomic E-state index is 12.3. The van der Waals surface area contributed by atoms with E-state index in [9.17, 15) is 4.79 Å². The van der Waals surface area contributed by atoms with E-state index in [2.05, 4.69) is 28.9 Å². The highest BCUT2D eigenvalue weighted by Gasteiger charge is 2.25. The molecule has 2 heterocycles. The summed E-state index contributed by atoms with van der Waals surface area (Å²) in [7, 11) is 0. The number of carbonyl (C=O) groups excluding carboxylic acids is 1. The molecule has 1 aliphatic heterocycles. The zero-order valence-corrected chi connectivity index (χ0v) is 13.5. The van der Waals surface area contributed by atoms with Crippen LogP contribution in [0.5, 0.6) is 0 Å². The number of halogens is 1. The molecule has 6 heteroatoms. The normalized spacial score (nSPS) is 16.5. The Kier molecular flexibility index (Phi) is 5.94. The number of nitrogens with zero attached hydrogens (tertiary/aromatic N) is 4. The predicted molar refractivity (Wildman–Crippen MR) is 83.5 cm³/mol. The standard InChI is InChI=1S/C15H23ClN4O/c1-3-19(4-2)11-12-7-9-20(10-8-12)15(21)13-5-6-14(16)18-17-13/h5-6,12H,3-4,7-11H2,1-2H3. The van der Waals surface area contributed by atoms with Crippen molar-refractivity contribution in [2.45, 2.75) is 26.7 Å². The first-order valence-electron chi connectivity index (χ1n) is 7.64. The van der Waals surface area contributed by atoms with Crippen molar-refractivity contribution in [3.05, 3.63) is 23.0 Å². The third-order valence-corrected chi connectivity index (χ3v) is 4.37. The van der Waals surface area contributed by atoms with Crippen LogP contribution in [0.25, 0.3) is 0 Å². The van der Waals surface area contributed by atoms with E-state index < -0.39 is 0 Å². The average Bonchev–Trinajstić information content (AvgIpc) is 2.53. The topological polar surface area (TPSA) is 49.3 Å². The highest BCUT2D eigenvalue weighted by molar-refractivity contribution is 6.29. The lowest BCUT2D eigenvalue weighted by Crippen LogP contribution is -2.41. The molecule has 5 nitrogen and oxygen atoms in total. The van der Waals surface area contributed by atoms with Crippen LogP contribution in [0.1, 0.15) is 37.2 Å². The van der Waals surface area contributed by atoms with Crippen LogP contribution in [0.2, 0.25) is 5.15 Å². The number of amides is 1. The van der Waals surface area contributed by atoms with Crippen molar-refractivity contribution in [2.24, 2.45) is 5.92 Å². The van der Waals surface area contributed by atoms with Crippen molar-refractivity contribution in [3.8, 4) is 0 Å². The summed E-state index contributed by atoms with van der Waals surface area (Å²) in [5.41, 5.74) is 0.376. The van der Waals surface area contributed by atoms with Gasteiger partial charge in [0.15, 0.2) is 10.8 Å². The molecule has 116 valence electrons. The molecule has 2 rings (SSSR count). The van der Waals surface area contributed by atoms with Gasteiger partial charge in [0.1, 0.15) is 0 Å². The van der Waals surface area contributed by atoms with E-state index >= 15 is 0 Å². The lowest BCUT2D eigenvalue weighted by molar-refractivity contribution is 0.0662. The molecule has 1 aromatic rings. The Bertz CT molecular complexity index is 453. The van der Waals surface area contributed by atoms with Gasteiger partial charge < -0.3 is 9.80 Å². The monoisotopic (exact) mass is 310 g/mol. The predicted octanol–water partition coefficient (Wildman–Crippen LogP) is 2.32. The van der Waals surface area contributed by atoms with Crippen LogP contribution in [0.15, 0.2) is 12.1 Å². The number of rotatable bonds is 5. The summed E-state index contributed by atoms with van der Waals surface area (Å²) >= 11 is 5.69. The van der Waals surface area contributed by atoms with Crippen LogP contribution >= 0.6 is 11.6 Å². The molecule has 0 aromatic carbocycles. The van der Waals surface area contributed by atoms with Gasteiger partial charge in [-0.3, -0.25) is 4.79 Å². The summed E-state index contributed by atoms with van der Waals surface area (Å²) in [6.45, 7) is 9.31. The molecule has 0 aliphatic carbocycles. The first-order valence-corrected chi connectivity index (χ1v) is 8.02. The molecule has 0 atom stereocenters. The Morgan fingerprint density at radius 3 is 2.48 bits per heavy atom. The Morgan fingerprint density at radius 1 is 1.29 bits per heavy atom. The van der Waals surface area contributed by atoms with E-state index in [0.29, 0.717) is 16.8 Å². The minimum atomic E-state index is -0.0412. The molecule has 0 N–H and O–H groups in total. The van der Waals surface area contributed by atoms with Gasteiger partial charge in [0, 0.05) is 19.6 Å². The summed E-state index contributed by atoms with van der Waals surface area (Å²) < 4.78 is 0. The molecular formula is C15H23ClN4O. The molecule has 1 amide bonds. The summed E-state index contributed by atoms with van der Waals surface area (Å²) in [6.07, 6.45) is 2.12. The van der Waals surface area contributed by atoms with Crippen molar-refractivity contribution in [3.63, 3.8) is 0 Å². The van der Waals surface area contributed by atoms with Crippen molar-refractivity contribution < 1.29 is 4.79 Å². The van der Waals surface area contributed by atoms with E-state index in [1.165, 1.54) is 0 Å². The third kappa shape index (κ3) is 4.38. The van der Waals surface area contributed by atoms with Gasteiger partial charge in [0.05, 0.1) is 0 Å². The zero-order valence-electron chi connectivity index (χ0n) is 12.8. The highest BCUT2D eigenvalue weighted by Crippen LogP contribution is 2.19. The van der Waals surface area contributed by atoms with Crippen LogP contribution < -0.4 is 0 Å². The summed E-state index contributed by atoms with van der Waals surface area (Å²) in [4.78, 5) is 16.6. The van der Waals surface area contributed by atoms with Crippen molar-refractivity contribution >= 4 is 17.5 Å². The van der Waals surface area contributed by atoms with Crippen molar-refractivity contribution in [2.75, 3.05) is 32.7 Å². The van der Waals surface area contributed by atoms with E-state index in [0.717, 1.165) is 45.6 Å². The van der Waals surface area contributed by atoms with E-state index in [1.807, 2.05) is 4.90 Å². The Hall–Kier alpha value is -1.20. The van der Waals surface area contributed by atoms with E-state index in [1.54, 1.807) is 12.1 Å². The molecule has 21 heavy (non-hydrogen) atoms. The van der Waals surface area contributed by atoms with Gasteiger partial charge in [-0.25, -0.2) is 0 Å². The largest absolute Gasteiger partial charge is 0.337 e. The van der Waals surface area contributed by atoms with Crippen LogP contribution in [0.3, 0.4) is 0 Å². The molecule has 0 bridgehead atoms. The molecule has 0 radical (unpaired) electrons. The van der Waals surface area contributed by atoms with Gasteiger partial charge in [0.25, 0.3) is 5.91 Å². The van der Waals surface area contributed by atoms with Gasteiger partial charge in [-0.1, -0.05) is 25.4 Å². The zero-order chi connectivity index (χ0) is 15.2. The number of likely N-dealkylation sites (tertiary alicyclic amines) is 1. The number of aromatic nitrogens is 2. The number of carbonyl (C=O) groups is 1. The van der Waals surface area contributed by atoms with Gasteiger partial charge in [-0.15, -0.1) is 10.2 Å². The molecule has 1 aromatic heterocycles. The second-order valence-electron chi connectivity index (χ2n) is 5.46.